The number of fused-ring (bicyclic) bond motifs is 1. The number of nitrogens with two attached hydrogens (primary N) is 1. The van der Waals surface area contributed by atoms with Crippen LogP contribution in [0.2, 0.25) is 23.4 Å². The van der Waals surface area contributed by atoms with E-state index in [0.717, 1.165) is 36.6 Å². The summed E-state index contributed by atoms with van der Waals surface area (Å²) >= 11 is 6.21. The molecule has 0 amide bonds. The lowest BCUT2D eigenvalue weighted by Crippen LogP contribution is -2.49. The first-order valence-corrected chi connectivity index (χ1v) is 14.6. The molecule has 9 heteroatoms. The second kappa shape index (κ2) is 8.22. The van der Waals surface area contributed by atoms with Crippen molar-refractivity contribution in [3.8, 4) is 0 Å². The zero-order valence-electron chi connectivity index (χ0n) is 19.9. The largest absolute Gasteiger partial charge is 0.482 e. The van der Waals surface area contributed by atoms with E-state index in [4.69, 9.17) is 30.9 Å². The van der Waals surface area contributed by atoms with Crippen molar-refractivity contribution in [3.63, 3.8) is 0 Å². The van der Waals surface area contributed by atoms with Crippen LogP contribution < -0.4 is 11.2 Å². The number of halogens is 1. The van der Waals surface area contributed by atoms with E-state index in [9.17, 15) is 0 Å². The number of nitrogens with one attached hydrogen (secondary N) is 1. The molecule has 1 aliphatic heterocycles. The summed E-state index contributed by atoms with van der Waals surface area (Å²) in [6, 6.07) is 1.82. The number of nitrogens with zero attached hydrogens (tertiary/aromatic N) is 2. The molecular weight excluding hydrogens is 444 g/mol. The van der Waals surface area contributed by atoms with Crippen LogP contribution in [0.25, 0.3) is 11.0 Å². The Labute approximate surface area is 196 Å². The van der Waals surface area contributed by atoms with Crippen LogP contribution in [0.4, 0.5) is 5.82 Å². The number of hydrazone groups is 1. The summed E-state index contributed by atoms with van der Waals surface area (Å²) in [7, 11) is -0.123. The van der Waals surface area contributed by atoms with Crippen LogP contribution in [0.3, 0.4) is 0 Å². The number of hydrogen-bond donors (Lipinski definition) is 2. The van der Waals surface area contributed by atoms with Crippen LogP contribution in [0.5, 0.6) is 0 Å². The molecule has 7 nitrogen and oxygen atoms in total. The van der Waals surface area contributed by atoms with E-state index in [2.05, 4.69) is 49.4 Å². The lowest BCUT2D eigenvalue weighted by atomic mass is 9.64. The number of ether oxygens (including phenoxy) is 1. The highest BCUT2D eigenvalue weighted by Gasteiger charge is 2.52. The highest BCUT2D eigenvalue weighted by Crippen LogP contribution is 2.48. The maximum atomic E-state index is 6.74. The summed E-state index contributed by atoms with van der Waals surface area (Å²) in [5.41, 5.74) is 10.3. The highest BCUT2D eigenvalue weighted by molar-refractivity contribution is 6.74. The quantitative estimate of drug-likeness (QED) is 0.567. The van der Waals surface area contributed by atoms with E-state index in [1.54, 1.807) is 7.11 Å². The Morgan fingerprint density at radius 3 is 2.56 bits per heavy atom. The van der Waals surface area contributed by atoms with Gasteiger partial charge in [-0.05, 0) is 66.9 Å². The number of anilines is 1. The Kier molecular flexibility index (Phi) is 6.01. The molecule has 3 heterocycles. The van der Waals surface area contributed by atoms with E-state index in [0.29, 0.717) is 41.1 Å². The van der Waals surface area contributed by atoms with Crippen molar-refractivity contribution in [1.29, 1.82) is 0 Å². The Hall–Kier alpha value is -1.77. The summed E-state index contributed by atoms with van der Waals surface area (Å²) in [4.78, 5) is 4.43. The van der Waals surface area contributed by atoms with Gasteiger partial charge in [-0.1, -0.05) is 20.8 Å². The average Bonchev–Trinajstić information content (AvgIpc) is 3.32. The molecule has 2 aromatic rings. The van der Waals surface area contributed by atoms with Gasteiger partial charge in [0, 0.05) is 23.8 Å². The number of aromatic nitrogens is 1. The van der Waals surface area contributed by atoms with Crippen LogP contribution in [-0.4, -0.2) is 39.0 Å². The van der Waals surface area contributed by atoms with Gasteiger partial charge in [-0.2, -0.15) is 0 Å². The smallest absolute Gasteiger partial charge is 0.218 e. The third-order valence-electron chi connectivity index (χ3n) is 7.79. The van der Waals surface area contributed by atoms with Crippen LogP contribution in [0.1, 0.15) is 52.0 Å². The van der Waals surface area contributed by atoms with E-state index >= 15 is 0 Å². The van der Waals surface area contributed by atoms with Crippen molar-refractivity contribution in [1.82, 2.24) is 10.4 Å². The normalized spacial score (nSPS) is 26.8. The van der Waals surface area contributed by atoms with E-state index in [1.807, 2.05) is 12.3 Å². The minimum Gasteiger partial charge on any atom is -0.482 e. The molecule has 0 aromatic carbocycles. The molecule has 32 heavy (non-hydrogen) atoms. The van der Waals surface area contributed by atoms with Gasteiger partial charge in [0.05, 0.1) is 19.1 Å². The summed E-state index contributed by atoms with van der Waals surface area (Å²) < 4.78 is 18.2. The third-order valence-corrected chi connectivity index (χ3v) is 12.5. The van der Waals surface area contributed by atoms with Crippen LogP contribution in [0, 0.1) is 5.92 Å². The summed E-state index contributed by atoms with van der Waals surface area (Å²) in [6.07, 6.45) is 6.21. The first-order chi connectivity index (χ1) is 15.0. The zero-order valence-corrected chi connectivity index (χ0v) is 21.7. The predicted molar refractivity (Wildman–Crippen MR) is 132 cm³/mol. The van der Waals surface area contributed by atoms with Crippen LogP contribution >= 0.6 is 11.6 Å². The van der Waals surface area contributed by atoms with Gasteiger partial charge in [-0.25, -0.2) is 4.98 Å². The van der Waals surface area contributed by atoms with Gasteiger partial charge in [0.2, 0.25) is 5.90 Å². The van der Waals surface area contributed by atoms with Crippen molar-refractivity contribution in [2.75, 3.05) is 19.4 Å². The van der Waals surface area contributed by atoms with E-state index in [-0.39, 0.29) is 5.04 Å². The van der Waals surface area contributed by atoms with Crippen LogP contribution in [-0.2, 0) is 14.6 Å². The van der Waals surface area contributed by atoms with Crippen molar-refractivity contribution in [3.05, 3.63) is 23.0 Å². The monoisotopic (exact) mass is 478 g/mol. The van der Waals surface area contributed by atoms with Gasteiger partial charge >= 0.3 is 0 Å². The fourth-order valence-corrected chi connectivity index (χ4v) is 6.63. The van der Waals surface area contributed by atoms with Crippen molar-refractivity contribution in [2.45, 2.75) is 76.1 Å². The number of methoxy groups -OCH3 is 1. The van der Waals surface area contributed by atoms with Gasteiger partial charge in [0.15, 0.2) is 24.9 Å². The van der Waals surface area contributed by atoms with Gasteiger partial charge < -0.3 is 24.7 Å². The summed E-state index contributed by atoms with van der Waals surface area (Å²) in [5, 5.41) is 5.88. The molecule has 2 aromatic heterocycles. The predicted octanol–water partition coefficient (Wildman–Crippen LogP) is 5.44. The number of nitrogen functional groups attached to an aromatic ring is 1. The van der Waals surface area contributed by atoms with E-state index in [1.165, 1.54) is 0 Å². The number of pyridine rings is 1. The van der Waals surface area contributed by atoms with Crippen LogP contribution in [0.15, 0.2) is 21.8 Å². The van der Waals surface area contributed by atoms with E-state index < -0.39 is 13.7 Å². The standard InChI is InChI=1S/C23H35ClN4O3Si/c1-22(2,3)32(5,6)31-15-9-7-14(8-10-15)23(13-27-28-21(23)29-4)17-12-26-20(25)19-16(17)11-18(24)30-19/h11-12,14-15,27H,7-10,13H2,1-6H3,(H2,25,26). The SMILES string of the molecule is COC1=NNCC1(c1cnc(N)c2oc(Cl)cc12)C1CCC(O[Si](C)(C)C(C)(C)C)CC1. The molecule has 0 spiro atoms. The second-order valence-electron chi connectivity index (χ2n) is 10.6. The number of rotatable bonds is 4. The van der Waals surface area contributed by atoms with Gasteiger partial charge in [-0.3, -0.25) is 0 Å². The first kappa shape index (κ1) is 23.4. The molecule has 3 N–H and O–H groups in total. The molecule has 4 rings (SSSR count). The first-order valence-electron chi connectivity index (χ1n) is 11.4. The van der Waals surface area contributed by atoms with Crippen molar-refractivity contribution in [2.24, 2.45) is 11.0 Å². The Balaban J connectivity index is 1.66. The Bertz CT molecular complexity index is 1020. The van der Waals surface area contributed by atoms with Gasteiger partial charge in [0.1, 0.15) is 0 Å². The third kappa shape index (κ3) is 3.80. The molecule has 1 fully saturated rings. The molecule has 1 atom stereocenters. The zero-order chi connectivity index (χ0) is 23.3. The fourth-order valence-electron chi connectivity index (χ4n) is 5.02. The average molecular weight is 479 g/mol. The highest BCUT2D eigenvalue weighted by atomic mass is 35.5. The molecular formula is C23H35ClN4O3Si. The molecule has 0 saturated heterocycles. The molecule has 2 aliphatic rings. The minimum absolute atomic E-state index is 0.206. The number of furan rings is 1. The lowest BCUT2D eigenvalue weighted by Gasteiger charge is -2.44. The fraction of sp³-hybridized carbons (Fsp3) is 0.652. The maximum absolute atomic E-state index is 6.74. The molecule has 176 valence electrons. The second-order valence-corrected chi connectivity index (χ2v) is 15.8. The maximum Gasteiger partial charge on any atom is 0.218 e. The molecule has 0 radical (unpaired) electrons. The van der Waals surface area contributed by atoms with Crippen molar-refractivity contribution >= 4 is 42.6 Å². The molecule has 1 aliphatic carbocycles. The summed E-state index contributed by atoms with van der Waals surface area (Å²) in [5.74, 6) is 1.33. The minimum atomic E-state index is -1.80. The molecule has 1 unspecified atom stereocenters. The lowest BCUT2D eigenvalue weighted by molar-refractivity contribution is 0.0987. The Morgan fingerprint density at radius 1 is 1.25 bits per heavy atom. The van der Waals surface area contributed by atoms with Crippen molar-refractivity contribution < 1.29 is 13.6 Å². The molecule has 0 bridgehead atoms. The topological polar surface area (TPSA) is 94.9 Å². The molecule has 1 saturated carbocycles. The van der Waals surface area contributed by atoms with Gasteiger partial charge in [-0.15, -0.1) is 5.10 Å². The van der Waals surface area contributed by atoms with Gasteiger partial charge in [0.25, 0.3) is 0 Å². The number of hydrogen-bond acceptors (Lipinski definition) is 7. The summed E-state index contributed by atoms with van der Waals surface area (Å²) in [6.45, 7) is 12.2. The Morgan fingerprint density at radius 2 is 1.94 bits per heavy atom.